The van der Waals surface area contributed by atoms with Crippen LogP contribution in [0.3, 0.4) is 0 Å². The molecule has 0 radical (unpaired) electrons. The highest BCUT2D eigenvalue weighted by Gasteiger charge is 2.26. The zero-order valence-corrected chi connectivity index (χ0v) is 12.5. The van der Waals surface area contributed by atoms with Gasteiger partial charge in [-0.3, -0.25) is 0 Å². The van der Waals surface area contributed by atoms with Gasteiger partial charge in [-0.2, -0.15) is 5.26 Å². The molecular formula is C20H21N. The number of nitriles is 1. The molecule has 1 aliphatic carbocycles. The van der Waals surface area contributed by atoms with Crippen LogP contribution >= 0.6 is 0 Å². The second-order valence-electron chi connectivity index (χ2n) is 6.02. The van der Waals surface area contributed by atoms with Crippen molar-refractivity contribution >= 4 is 0 Å². The summed E-state index contributed by atoms with van der Waals surface area (Å²) < 4.78 is 0. The van der Waals surface area contributed by atoms with E-state index in [0.29, 0.717) is 5.56 Å². The molecule has 1 saturated carbocycles. The third kappa shape index (κ3) is 2.85. The third-order valence-electron chi connectivity index (χ3n) is 4.87. The van der Waals surface area contributed by atoms with Crippen molar-refractivity contribution in [1.29, 1.82) is 5.26 Å². The van der Waals surface area contributed by atoms with Crippen molar-refractivity contribution < 1.29 is 0 Å². The third-order valence-corrected chi connectivity index (χ3v) is 4.87. The fourth-order valence-corrected chi connectivity index (χ4v) is 3.62. The van der Waals surface area contributed by atoms with E-state index in [1.807, 2.05) is 24.3 Å². The Morgan fingerprint density at radius 2 is 1.57 bits per heavy atom. The molecule has 0 aliphatic heterocycles. The van der Waals surface area contributed by atoms with Gasteiger partial charge in [0, 0.05) is 0 Å². The average Bonchev–Trinajstić information content (AvgIpc) is 3.04. The van der Waals surface area contributed by atoms with Crippen LogP contribution in [0, 0.1) is 17.2 Å². The summed E-state index contributed by atoms with van der Waals surface area (Å²) in [6, 6.07) is 19.0. The molecule has 2 unspecified atom stereocenters. The lowest BCUT2D eigenvalue weighted by molar-refractivity contribution is 0.470. The van der Waals surface area contributed by atoms with Crippen molar-refractivity contribution in [3.05, 3.63) is 59.7 Å². The zero-order chi connectivity index (χ0) is 14.7. The molecule has 1 heteroatoms. The number of rotatable bonds is 3. The monoisotopic (exact) mass is 275 g/mol. The Labute approximate surface area is 127 Å². The Balaban J connectivity index is 1.82. The van der Waals surface area contributed by atoms with Crippen LogP contribution in [0.15, 0.2) is 48.5 Å². The predicted molar refractivity (Wildman–Crippen MR) is 87.0 cm³/mol. The summed E-state index contributed by atoms with van der Waals surface area (Å²) in [6.45, 7) is 2.31. The van der Waals surface area contributed by atoms with E-state index < -0.39 is 0 Å². The second kappa shape index (κ2) is 6.14. The Bertz CT molecular complexity index is 631. The van der Waals surface area contributed by atoms with Gasteiger partial charge in [-0.05, 0) is 53.5 Å². The summed E-state index contributed by atoms with van der Waals surface area (Å²) in [7, 11) is 0. The second-order valence-corrected chi connectivity index (χ2v) is 6.02. The summed E-state index contributed by atoms with van der Waals surface area (Å²) in [5.74, 6) is 1.62. The van der Waals surface area contributed by atoms with Crippen LogP contribution in [0.5, 0.6) is 0 Å². The fraction of sp³-hybridized carbons (Fsp3) is 0.350. The Kier molecular flexibility index (Phi) is 4.06. The van der Waals surface area contributed by atoms with Crippen LogP contribution in [-0.2, 0) is 0 Å². The minimum atomic E-state index is 0.715. The van der Waals surface area contributed by atoms with Gasteiger partial charge in [0.15, 0.2) is 0 Å². The standard InChI is InChI=1S/C20H21N/c1-2-16-4-3-5-20(16)19-12-10-18(11-13-19)17-8-6-15(14-21)7-9-17/h6-13,16,20H,2-5H2,1H3. The summed E-state index contributed by atoms with van der Waals surface area (Å²) in [5, 5.41) is 8.85. The molecule has 0 N–H and O–H groups in total. The molecule has 1 nitrogen and oxygen atoms in total. The van der Waals surface area contributed by atoms with Crippen molar-refractivity contribution in [3.8, 4) is 17.2 Å². The highest BCUT2D eigenvalue weighted by Crippen LogP contribution is 2.41. The van der Waals surface area contributed by atoms with Crippen LogP contribution in [-0.4, -0.2) is 0 Å². The van der Waals surface area contributed by atoms with Crippen molar-refractivity contribution in [3.63, 3.8) is 0 Å². The van der Waals surface area contributed by atoms with Gasteiger partial charge in [-0.1, -0.05) is 56.2 Å². The van der Waals surface area contributed by atoms with Crippen molar-refractivity contribution in [2.45, 2.75) is 38.5 Å². The minimum Gasteiger partial charge on any atom is -0.192 e. The molecular weight excluding hydrogens is 254 g/mol. The first-order valence-corrected chi connectivity index (χ1v) is 7.92. The Morgan fingerprint density at radius 1 is 0.952 bits per heavy atom. The van der Waals surface area contributed by atoms with Crippen molar-refractivity contribution in [2.75, 3.05) is 0 Å². The molecule has 0 spiro atoms. The summed E-state index contributed by atoms with van der Waals surface area (Å²) in [5.41, 5.74) is 4.62. The van der Waals surface area contributed by atoms with E-state index in [-0.39, 0.29) is 0 Å². The maximum Gasteiger partial charge on any atom is 0.0991 e. The minimum absolute atomic E-state index is 0.715. The predicted octanol–water partition coefficient (Wildman–Crippen LogP) is 5.52. The largest absolute Gasteiger partial charge is 0.192 e. The molecule has 0 amide bonds. The van der Waals surface area contributed by atoms with Crippen LogP contribution in [0.1, 0.15) is 49.7 Å². The van der Waals surface area contributed by atoms with Gasteiger partial charge in [0.1, 0.15) is 0 Å². The number of benzene rings is 2. The molecule has 3 rings (SSSR count). The van der Waals surface area contributed by atoms with E-state index in [0.717, 1.165) is 11.8 Å². The highest BCUT2D eigenvalue weighted by molar-refractivity contribution is 5.64. The average molecular weight is 275 g/mol. The SMILES string of the molecule is CCC1CCCC1c1ccc(-c2ccc(C#N)cc2)cc1. The molecule has 1 aliphatic rings. The van der Waals surface area contributed by atoms with Gasteiger partial charge in [-0.15, -0.1) is 0 Å². The maximum atomic E-state index is 8.85. The van der Waals surface area contributed by atoms with E-state index in [2.05, 4.69) is 37.3 Å². The van der Waals surface area contributed by atoms with Gasteiger partial charge < -0.3 is 0 Å². The first kappa shape index (κ1) is 13.9. The molecule has 21 heavy (non-hydrogen) atoms. The lowest BCUT2D eigenvalue weighted by Crippen LogP contribution is -2.04. The first-order valence-electron chi connectivity index (χ1n) is 7.92. The van der Waals surface area contributed by atoms with Gasteiger partial charge in [-0.25, -0.2) is 0 Å². The van der Waals surface area contributed by atoms with E-state index >= 15 is 0 Å². The summed E-state index contributed by atoms with van der Waals surface area (Å²) in [6.07, 6.45) is 5.40. The van der Waals surface area contributed by atoms with Crippen LogP contribution in [0.25, 0.3) is 11.1 Å². The normalized spacial score (nSPS) is 21.1. The number of nitrogens with zero attached hydrogens (tertiary/aromatic N) is 1. The molecule has 2 aromatic rings. The molecule has 0 bridgehead atoms. The smallest absolute Gasteiger partial charge is 0.0991 e. The van der Waals surface area contributed by atoms with Gasteiger partial charge in [0.05, 0.1) is 11.6 Å². The molecule has 1 fully saturated rings. The van der Waals surface area contributed by atoms with Gasteiger partial charge >= 0.3 is 0 Å². The molecule has 0 saturated heterocycles. The fourth-order valence-electron chi connectivity index (χ4n) is 3.62. The topological polar surface area (TPSA) is 23.8 Å². The van der Waals surface area contributed by atoms with E-state index in [4.69, 9.17) is 5.26 Å². The van der Waals surface area contributed by atoms with E-state index in [9.17, 15) is 0 Å². The number of hydrogen-bond donors (Lipinski definition) is 0. The van der Waals surface area contributed by atoms with E-state index in [1.54, 1.807) is 0 Å². The lowest BCUT2D eigenvalue weighted by atomic mass is 9.86. The van der Waals surface area contributed by atoms with Crippen molar-refractivity contribution in [1.82, 2.24) is 0 Å². The van der Waals surface area contributed by atoms with Crippen molar-refractivity contribution in [2.24, 2.45) is 5.92 Å². The van der Waals surface area contributed by atoms with Crippen LogP contribution in [0.4, 0.5) is 0 Å². The summed E-state index contributed by atoms with van der Waals surface area (Å²) in [4.78, 5) is 0. The zero-order valence-electron chi connectivity index (χ0n) is 12.5. The first-order chi connectivity index (χ1) is 10.3. The van der Waals surface area contributed by atoms with Gasteiger partial charge in [0.2, 0.25) is 0 Å². The molecule has 0 aromatic heterocycles. The Morgan fingerprint density at radius 3 is 2.14 bits per heavy atom. The molecule has 106 valence electrons. The summed E-state index contributed by atoms with van der Waals surface area (Å²) >= 11 is 0. The lowest BCUT2D eigenvalue weighted by Gasteiger charge is -2.18. The highest BCUT2D eigenvalue weighted by atomic mass is 14.3. The van der Waals surface area contributed by atoms with Crippen LogP contribution < -0.4 is 0 Å². The number of hydrogen-bond acceptors (Lipinski definition) is 1. The van der Waals surface area contributed by atoms with Gasteiger partial charge in [0.25, 0.3) is 0 Å². The van der Waals surface area contributed by atoms with E-state index in [1.165, 1.54) is 42.4 Å². The molecule has 0 heterocycles. The van der Waals surface area contributed by atoms with Crippen LogP contribution in [0.2, 0.25) is 0 Å². The Hall–Kier alpha value is -2.07. The quantitative estimate of drug-likeness (QED) is 0.723. The maximum absolute atomic E-state index is 8.85. The molecule has 2 atom stereocenters. The molecule has 2 aromatic carbocycles.